The normalized spacial score (nSPS) is 19.8. The minimum atomic E-state index is 0. The van der Waals surface area contributed by atoms with Crippen LogP contribution in [-0.4, -0.2) is 22.7 Å². The zero-order valence-electron chi connectivity index (χ0n) is 11.9. The third-order valence-corrected chi connectivity index (χ3v) is 4.16. The van der Waals surface area contributed by atoms with Gasteiger partial charge < -0.3 is 5.32 Å². The largest absolute Gasteiger partial charge is 0.307 e. The predicted molar refractivity (Wildman–Crippen MR) is 82.4 cm³/mol. The number of halogens is 1. The van der Waals surface area contributed by atoms with E-state index in [9.17, 15) is 4.79 Å². The summed E-state index contributed by atoms with van der Waals surface area (Å²) >= 11 is 1.47. The van der Waals surface area contributed by atoms with Gasteiger partial charge in [-0.2, -0.15) is 4.37 Å². The summed E-state index contributed by atoms with van der Waals surface area (Å²) < 4.78 is 4.45. The van der Waals surface area contributed by atoms with Gasteiger partial charge in [-0.3, -0.25) is 4.79 Å². The van der Waals surface area contributed by atoms with Crippen molar-refractivity contribution in [3.8, 4) is 0 Å². The van der Waals surface area contributed by atoms with Gasteiger partial charge in [-0.15, -0.1) is 12.4 Å². The van der Waals surface area contributed by atoms with E-state index in [2.05, 4.69) is 36.5 Å². The molecule has 5 heteroatoms. The van der Waals surface area contributed by atoms with E-state index >= 15 is 0 Å². The summed E-state index contributed by atoms with van der Waals surface area (Å²) in [7, 11) is 0. The maximum Gasteiger partial charge on any atom is 0.154 e. The number of Topliss-reactive ketones (excluding diaryl/α,β-unsaturated/α-hetero) is 1. The summed E-state index contributed by atoms with van der Waals surface area (Å²) in [4.78, 5) is 13.2. The molecule has 0 bridgehead atoms. The first-order chi connectivity index (χ1) is 8.47. The molecule has 2 rings (SSSR count). The van der Waals surface area contributed by atoms with Crippen molar-refractivity contribution in [2.24, 2.45) is 0 Å². The second-order valence-electron chi connectivity index (χ2n) is 6.07. The van der Waals surface area contributed by atoms with E-state index < -0.39 is 0 Å². The predicted octanol–water partition coefficient (Wildman–Crippen LogP) is 3.12. The highest BCUT2D eigenvalue weighted by molar-refractivity contribution is 7.05. The van der Waals surface area contributed by atoms with Crippen LogP contribution < -0.4 is 5.32 Å². The maximum atomic E-state index is 12.1. The molecule has 1 atom stereocenters. The van der Waals surface area contributed by atoms with Crippen LogP contribution in [-0.2, 0) is 16.6 Å². The van der Waals surface area contributed by atoms with Crippen molar-refractivity contribution in [3.63, 3.8) is 0 Å². The molecule has 1 fully saturated rings. The average molecular weight is 303 g/mol. The standard InChI is InChI=1S/C14H22N2OS.ClH/c1-14(2,3)13-9-10(18-16-13)8-12(17)11-6-4-5-7-15-11;/h9,11,15H,4-8H2,1-3H3;1H/t11-;/m0./s1. The number of nitrogens with zero attached hydrogens (tertiary/aromatic N) is 1. The third kappa shape index (κ3) is 4.55. The summed E-state index contributed by atoms with van der Waals surface area (Å²) in [5.41, 5.74) is 1.16. The molecule has 1 aliphatic heterocycles. The van der Waals surface area contributed by atoms with Crippen LogP contribution in [0.2, 0.25) is 0 Å². The van der Waals surface area contributed by atoms with Crippen molar-refractivity contribution >= 4 is 29.7 Å². The minimum Gasteiger partial charge on any atom is -0.307 e. The van der Waals surface area contributed by atoms with Crippen molar-refractivity contribution in [3.05, 3.63) is 16.6 Å². The molecule has 19 heavy (non-hydrogen) atoms. The number of piperidine rings is 1. The van der Waals surface area contributed by atoms with Crippen LogP contribution >= 0.6 is 23.9 Å². The van der Waals surface area contributed by atoms with Gasteiger partial charge in [0.05, 0.1) is 11.7 Å². The Morgan fingerprint density at radius 3 is 2.74 bits per heavy atom. The van der Waals surface area contributed by atoms with Gasteiger partial charge in [0.15, 0.2) is 5.78 Å². The lowest BCUT2D eigenvalue weighted by molar-refractivity contribution is -0.120. The Hall–Kier alpha value is -0.450. The van der Waals surface area contributed by atoms with Crippen molar-refractivity contribution in [2.75, 3.05) is 6.54 Å². The van der Waals surface area contributed by atoms with E-state index in [1.54, 1.807) is 0 Å². The Morgan fingerprint density at radius 1 is 1.47 bits per heavy atom. The van der Waals surface area contributed by atoms with Crippen LogP contribution in [0.5, 0.6) is 0 Å². The molecular formula is C14H23ClN2OS. The highest BCUT2D eigenvalue weighted by Gasteiger charge is 2.23. The Bertz CT molecular complexity index is 419. The fourth-order valence-corrected chi connectivity index (χ4v) is 3.08. The second kappa shape index (κ2) is 6.82. The first-order valence-corrected chi connectivity index (χ1v) is 7.46. The molecular weight excluding hydrogens is 280 g/mol. The monoisotopic (exact) mass is 302 g/mol. The molecule has 1 saturated heterocycles. The van der Waals surface area contributed by atoms with Gasteiger partial charge in [0.1, 0.15) is 0 Å². The first-order valence-electron chi connectivity index (χ1n) is 6.69. The van der Waals surface area contributed by atoms with E-state index in [4.69, 9.17) is 0 Å². The molecule has 0 amide bonds. The van der Waals surface area contributed by atoms with Crippen LogP contribution in [0.1, 0.15) is 50.6 Å². The first kappa shape index (κ1) is 16.6. The molecule has 1 aromatic heterocycles. The lowest BCUT2D eigenvalue weighted by Gasteiger charge is -2.21. The Kier molecular flexibility index (Phi) is 5.96. The Morgan fingerprint density at radius 2 is 2.21 bits per heavy atom. The van der Waals surface area contributed by atoms with E-state index in [1.165, 1.54) is 24.4 Å². The zero-order valence-corrected chi connectivity index (χ0v) is 13.5. The summed E-state index contributed by atoms with van der Waals surface area (Å²) in [6.45, 7) is 7.43. The van der Waals surface area contributed by atoms with E-state index in [1.807, 2.05) is 0 Å². The van der Waals surface area contributed by atoms with Gasteiger partial charge >= 0.3 is 0 Å². The van der Waals surface area contributed by atoms with Gasteiger partial charge in [0.2, 0.25) is 0 Å². The maximum absolute atomic E-state index is 12.1. The number of carbonyl (C=O) groups excluding carboxylic acids is 1. The number of nitrogens with one attached hydrogen (secondary N) is 1. The van der Waals surface area contributed by atoms with Crippen molar-refractivity contribution in [2.45, 2.75) is 57.9 Å². The molecule has 0 spiro atoms. The Balaban J connectivity index is 0.00000180. The van der Waals surface area contributed by atoms with E-state index in [0.717, 1.165) is 23.5 Å². The average Bonchev–Trinajstić information content (AvgIpc) is 2.78. The topological polar surface area (TPSA) is 42.0 Å². The van der Waals surface area contributed by atoms with Crippen molar-refractivity contribution in [1.29, 1.82) is 0 Å². The number of carbonyl (C=O) groups is 1. The molecule has 2 heterocycles. The van der Waals surface area contributed by atoms with E-state index in [-0.39, 0.29) is 23.9 Å². The lowest BCUT2D eigenvalue weighted by atomic mass is 9.92. The molecule has 0 aromatic carbocycles. The quantitative estimate of drug-likeness (QED) is 0.933. The minimum absolute atomic E-state index is 0. The van der Waals surface area contributed by atoms with Gasteiger partial charge in [0, 0.05) is 16.7 Å². The van der Waals surface area contributed by atoms with Crippen molar-refractivity contribution in [1.82, 2.24) is 9.69 Å². The van der Waals surface area contributed by atoms with Gasteiger partial charge in [-0.25, -0.2) is 0 Å². The smallest absolute Gasteiger partial charge is 0.154 e. The second-order valence-corrected chi connectivity index (χ2v) is 6.96. The molecule has 0 saturated carbocycles. The summed E-state index contributed by atoms with van der Waals surface area (Å²) in [5, 5.41) is 3.31. The lowest BCUT2D eigenvalue weighted by Crippen LogP contribution is -2.41. The van der Waals surface area contributed by atoms with Gasteiger partial charge in [-0.05, 0) is 37.0 Å². The molecule has 0 aliphatic carbocycles. The fourth-order valence-electron chi connectivity index (χ4n) is 2.17. The third-order valence-electron chi connectivity index (χ3n) is 3.37. The van der Waals surface area contributed by atoms with Gasteiger partial charge in [-0.1, -0.05) is 27.2 Å². The highest BCUT2D eigenvalue weighted by atomic mass is 35.5. The van der Waals surface area contributed by atoms with Crippen LogP contribution in [0.3, 0.4) is 0 Å². The van der Waals surface area contributed by atoms with E-state index in [0.29, 0.717) is 12.2 Å². The molecule has 0 radical (unpaired) electrons. The fraction of sp³-hybridized carbons (Fsp3) is 0.714. The summed E-state index contributed by atoms with van der Waals surface area (Å²) in [5.74, 6) is 0.318. The summed E-state index contributed by atoms with van der Waals surface area (Å²) in [6.07, 6.45) is 3.88. The SMILES string of the molecule is CC(C)(C)c1cc(CC(=O)[C@@H]2CCCCN2)sn1.Cl. The zero-order chi connectivity index (χ0) is 13.2. The number of rotatable bonds is 3. The van der Waals surface area contributed by atoms with Crippen molar-refractivity contribution < 1.29 is 4.79 Å². The number of ketones is 1. The number of hydrogen-bond donors (Lipinski definition) is 1. The molecule has 3 nitrogen and oxygen atoms in total. The summed E-state index contributed by atoms with van der Waals surface area (Å²) in [6, 6.07) is 2.16. The van der Waals surface area contributed by atoms with Crippen LogP contribution in [0.4, 0.5) is 0 Å². The molecule has 1 aromatic rings. The molecule has 108 valence electrons. The van der Waals surface area contributed by atoms with Gasteiger partial charge in [0.25, 0.3) is 0 Å². The number of aromatic nitrogens is 1. The number of hydrogen-bond acceptors (Lipinski definition) is 4. The molecule has 1 N–H and O–H groups in total. The van der Waals surface area contributed by atoms with Crippen LogP contribution in [0, 0.1) is 0 Å². The molecule has 0 unspecified atom stereocenters. The van der Waals surface area contributed by atoms with Crippen LogP contribution in [0.15, 0.2) is 6.07 Å². The Labute approximate surface area is 125 Å². The highest BCUT2D eigenvalue weighted by Crippen LogP contribution is 2.24. The molecule has 1 aliphatic rings. The van der Waals surface area contributed by atoms with Crippen LogP contribution in [0.25, 0.3) is 0 Å².